The van der Waals surface area contributed by atoms with Crippen LogP contribution in [0.2, 0.25) is 0 Å². The van der Waals surface area contributed by atoms with Crippen LogP contribution in [0.1, 0.15) is 29.6 Å². The van der Waals surface area contributed by atoms with Crippen molar-refractivity contribution in [1.82, 2.24) is 10.2 Å². The van der Waals surface area contributed by atoms with Crippen LogP contribution in [0.3, 0.4) is 0 Å². The topological polar surface area (TPSA) is 86.7 Å². The van der Waals surface area contributed by atoms with Gasteiger partial charge in [0.15, 0.2) is 0 Å². The number of hydrogen-bond donors (Lipinski definition) is 2. The van der Waals surface area contributed by atoms with Gasteiger partial charge in [0, 0.05) is 37.0 Å². The summed E-state index contributed by atoms with van der Waals surface area (Å²) in [5.41, 5.74) is 0.600. The van der Waals surface area contributed by atoms with Crippen LogP contribution < -0.4 is 5.32 Å². The maximum Gasteiger partial charge on any atom is 0.308 e. The van der Waals surface area contributed by atoms with Crippen LogP contribution in [0.15, 0.2) is 16.8 Å². The molecule has 1 aliphatic heterocycles. The zero-order valence-electron chi connectivity index (χ0n) is 12.7. The molecule has 0 aromatic carbocycles. The maximum absolute atomic E-state index is 12.3. The Morgan fingerprint density at radius 2 is 2.09 bits per heavy atom. The molecule has 2 N–H and O–H groups in total. The molecule has 23 heavy (non-hydrogen) atoms. The third-order valence-electron chi connectivity index (χ3n) is 4.67. The fourth-order valence-corrected chi connectivity index (χ4v) is 3.87. The second-order valence-electron chi connectivity index (χ2n) is 6.26. The van der Waals surface area contributed by atoms with Gasteiger partial charge in [0.2, 0.25) is 5.91 Å². The fourth-order valence-electron chi connectivity index (χ4n) is 3.23. The van der Waals surface area contributed by atoms with Crippen LogP contribution in [0, 0.1) is 17.8 Å². The van der Waals surface area contributed by atoms with Crippen molar-refractivity contribution in [3.8, 4) is 0 Å². The molecule has 2 amide bonds. The monoisotopic (exact) mass is 336 g/mol. The lowest BCUT2D eigenvalue weighted by atomic mass is 9.92. The molecule has 0 radical (unpaired) electrons. The van der Waals surface area contributed by atoms with E-state index in [9.17, 15) is 19.5 Å². The van der Waals surface area contributed by atoms with Crippen molar-refractivity contribution in [1.29, 1.82) is 0 Å². The minimum Gasteiger partial charge on any atom is -0.481 e. The molecule has 1 aromatic rings. The Bertz CT molecular complexity index is 597. The van der Waals surface area contributed by atoms with Crippen LogP contribution in [0.25, 0.3) is 0 Å². The van der Waals surface area contributed by atoms with E-state index in [1.54, 1.807) is 16.3 Å². The van der Waals surface area contributed by atoms with Crippen molar-refractivity contribution < 1.29 is 19.5 Å². The van der Waals surface area contributed by atoms with Gasteiger partial charge in [-0.25, -0.2) is 0 Å². The predicted octanol–water partition coefficient (Wildman–Crippen LogP) is 1.44. The van der Waals surface area contributed by atoms with Gasteiger partial charge in [0.05, 0.1) is 5.92 Å². The lowest BCUT2D eigenvalue weighted by Crippen LogP contribution is -2.33. The first-order valence-corrected chi connectivity index (χ1v) is 8.81. The number of amides is 2. The van der Waals surface area contributed by atoms with Crippen LogP contribution >= 0.6 is 11.3 Å². The molecule has 1 saturated heterocycles. The molecule has 3 rings (SSSR count). The molecule has 7 heteroatoms. The third kappa shape index (κ3) is 3.72. The number of hydrogen-bond acceptors (Lipinski definition) is 4. The van der Waals surface area contributed by atoms with Crippen molar-refractivity contribution in [2.75, 3.05) is 19.6 Å². The van der Waals surface area contributed by atoms with E-state index >= 15 is 0 Å². The first-order valence-electron chi connectivity index (χ1n) is 7.87. The van der Waals surface area contributed by atoms with Gasteiger partial charge in [0.25, 0.3) is 5.91 Å². The molecule has 6 nitrogen and oxygen atoms in total. The molecule has 2 heterocycles. The minimum atomic E-state index is -0.803. The molecule has 0 spiro atoms. The summed E-state index contributed by atoms with van der Waals surface area (Å²) >= 11 is 1.45. The van der Waals surface area contributed by atoms with Crippen molar-refractivity contribution in [2.45, 2.75) is 19.3 Å². The number of nitrogens with one attached hydrogen (secondary N) is 1. The van der Waals surface area contributed by atoms with E-state index < -0.39 is 11.9 Å². The molecule has 1 saturated carbocycles. The molecule has 0 unspecified atom stereocenters. The van der Waals surface area contributed by atoms with Gasteiger partial charge < -0.3 is 15.3 Å². The lowest BCUT2D eigenvalue weighted by molar-refractivity contribution is -0.142. The molecule has 2 atom stereocenters. The zero-order chi connectivity index (χ0) is 16.4. The quantitative estimate of drug-likeness (QED) is 0.823. The van der Waals surface area contributed by atoms with Gasteiger partial charge in [0.1, 0.15) is 0 Å². The maximum atomic E-state index is 12.3. The van der Waals surface area contributed by atoms with Crippen LogP contribution in [0.5, 0.6) is 0 Å². The number of carbonyl (C=O) groups excluding carboxylic acids is 2. The summed E-state index contributed by atoms with van der Waals surface area (Å²) in [6, 6.07) is 1.74. The normalized spacial score (nSPS) is 23.7. The van der Waals surface area contributed by atoms with Crippen molar-refractivity contribution in [3.05, 3.63) is 22.4 Å². The molecular formula is C16H20N2O4S. The summed E-state index contributed by atoms with van der Waals surface area (Å²) in [6.07, 6.45) is 2.36. The molecule has 124 valence electrons. The average molecular weight is 336 g/mol. The average Bonchev–Trinajstić information content (AvgIpc) is 3.05. The highest BCUT2D eigenvalue weighted by Crippen LogP contribution is 2.44. The van der Waals surface area contributed by atoms with E-state index in [-0.39, 0.29) is 30.7 Å². The first-order chi connectivity index (χ1) is 11.1. The standard InChI is InChI=1S/C16H20N2O4S/c19-14(3-5-17-15(20)11-4-6-23-9-11)18-7-12(10-1-2-10)13(8-18)16(21)22/h4,6,9-10,12-13H,1-3,5,7-8H2,(H,17,20)(H,21,22)/t12-,13+/m1/s1. The van der Waals surface area contributed by atoms with Crippen LogP contribution in [-0.4, -0.2) is 47.4 Å². The Morgan fingerprint density at radius 1 is 1.30 bits per heavy atom. The highest BCUT2D eigenvalue weighted by molar-refractivity contribution is 7.08. The summed E-state index contributed by atoms with van der Waals surface area (Å²) in [6.45, 7) is 1.11. The van der Waals surface area contributed by atoms with Gasteiger partial charge >= 0.3 is 5.97 Å². The van der Waals surface area contributed by atoms with Crippen molar-refractivity contribution >= 4 is 29.1 Å². The molecule has 1 aromatic heterocycles. The van der Waals surface area contributed by atoms with E-state index in [0.29, 0.717) is 24.6 Å². The summed E-state index contributed by atoms with van der Waals surface area (Å²) in [4.78, 5) is 37.1. The van der Waals surface area contributed by atoms with Crippen molar-refractivity contribution in [2.24, 2.45) is 17.8 Å². The number of carbonyl (C=O) groups is 3. The van der Waals surface area contributed by atoms with Gasteiger partial charge in [-0.1, -0.05) is 0 Å². The lowest BCUT2D eigenvalue weighted by Gasteiger charge is -2.16. The van der Waals surface area contributed by atoms with E-state index in [2.05, 4.69) is 5.32 Å². The number of nitrogens with zero attached hydrogens (tertiary/aromatic N) is 1. The second-order valence-corrected chi connectivity index (χ2v) is 7.04. The third-order valence-corrected chi connectivity index (χ3v) is 5.35. The molecule has 0 bridgehead atoms. The predicted molar refractivity (Wildman–Crippen MR) is 85.2 cm³/mol. The SMILES string of the molecule is O=C(NCCC(=O)N1C[C@H](C(=O)O)[C@@H](C2CC2)C1)c1ccsc1. The highest BCUT2D eigenvalue weighted by atomic mass is 32.1. The van der Waals surface area contributed by atoms with Crippen LogP contribution in [0.4, 0.5) is 0 Å². The Labute approximate surface area is 138 Å². The molecule has 2 fully saturated rings. The Balaban J connectivity index is 1.47. The van der Waals surface area contributed by atoms with Gasteiger partial charge in [-0.15, -0.1) is 0 Å². The summed E-state index contributed by atoms with van der Waals surface area (Å²) in [5, 5.41) is 15.6. The number of carboxylic acids is 1. The second kappa shape index (κ2) is 6.70. The van der Waals surface area contributed by atoms with E-state index in [0.717, 1.165) is 12.8 Å². The number of thiophene rings is 1. The van der Waals surface area contributed by atoms with E-state index in [1.807, 2.05) is 5.38 Å². The Hall–Kier alpha value is -1.89. The number of rotatable bonds is 6. The molecule has 2 aliphatic rings. The number of likely N-dealkylation sites (tertiary alicyclic amines) is 1. The highest BCUT2D eigenvalue weighted by Gasteiger charge is 2.46. The molecule has 1 aliphatic carbocycles. The Kier molecular flexibility index (Phi) is 4.66. The first kappa shape index (κ1) is 16.0. The van der Waals surface area contributed by atoms with E-state index in [4.69, 9.17) is 0 Å². The smallest absolute Gasteiger partial charge is 0.308 e. The number of aliphatic carboxylic acids is 1. The van der Waals surface area contributed by atoms with Gasteiger partial charge in [-0.3, -0.25) is 14.4 Å². The van der Waals surface area contributed by atoms with Crippen molar-refractivity contribution in [3.63, 3.8) is 0 Å². The van der Waals surface area contributed by atoms with Crippen LogP contribution in [-0.2, 0) is 9.59 Å². The number of carboxylic acid groups (broad SMARTS) is 1. The summed E-state index contributed by atoms with van der Waals surface area (Å²) in [7, 11) is 0. The molecular weight excluding hydrogens is 316 g/mol. The summed E-state index contributed by atoms with van der Waals surface area (Å²) in [5.74, 6) is -0.941. The fraction of sp³-hybridized carbons (Fsp3) is 0.562. The Morgan fingerprint density at radius 3 is 2.70 bits per heavy atom. The van der Waals surface area contributed by atoms with Gasteiger partial charge in [-0.05, 0) is 36.1 Å². The zero-order valence-corrected chi connectivity index (χ0v) is 13.6. The minimum absolute atomic E-state index is 0.0787. The van der Waals surface area contributed by atoms with Gasteiger partial charge in [-0.2, -0.15) is 11.3 Å². The largest absolute Gasteiger partial charge is 0.481 e. The van der Waals surface area contributed by atoms with E-state index in [1.165, 1.54) is 11.3 Å². The summed E-state index contributed by atoms with van der Waals surface area (Å²) < 4.78 is 0.